The lowest BCUT2D eigenvalue weighted by Gasteiger charge is -2.32. The number of nitrogen functional groups attached to an aromatic ring is 1. The SMILES string of the molecule is CC(=O)SCC(=Cc1ccc(-n2ncc(C#N)c2N)cc1)B1OC(C)(C)C(C)(C)O1. The lowest BCUT2D eigenvalue weighted by molar-refractivity contribution is -0.109. The molecular formula is C21H25BN4O3S. The van der Waals surface area contributed by atoms with Crippen LogP contribution in [0.15, 0.2) is 35.9 Å². The van der Waals surface area contributed by atoms with Gasteiger partial charge < -0.3 is 15.0 Å². The highest BCUT2D eigenvalue weighted by molar-refractivity contribution is 8.13. The van der Waals surface area contributed by atoms with E-state index in [-0.39, 0.29) is 5.12 Å². The quantitative estimate of drug-likeness (QED) is 0.732. The second-order valence-electron chi connectivity index (χ2n) is 8.15. The molecule has 1 aliphatic heterocycles. The summed E-state index contributed by atoms with van der Waals surface area (Å²) >= 11 is 1.22. The molecule has 0 bridgehead atoms. The van der Waals surface area contributed by atoms with Crippen LogP contribution in [0, 0.1) is 11.3 Å². The summed E-state index contributed by atoms with van der Waals surface area (Å²) in [7, 11) is -0.526. The highest BCUT2D eigenvalue weighted by atomic mass is 32.2. The van der Waals surface area contributed by atoms with Crippen LogP contribution in [0.25, 0.3) is 11.8 Å². The Morgan fingerprint density at radius 1 is 1.27 bits per heavy atom. The molecule has 0 aliphatic carbocycles. The average molecular weight is 424 g/mol. The van der Waals surface area contributed by atoms with Gasteiger partial charge in [-0.15, -0.1) is 0 Å². The molecule has 1 fully saturated rings. The predicted octanol–water partition coefficient (Wildman–Crippen LogP) is 3.62. The van der Waals surface area contributed by atoms with Gasteiger partial charge in [-0.25, -0.2) is 4.68 Å². The molecule has 156 valence electrons. The Balaban J connectivity index is 1.88. The summed E-state index contributed by atoms with van der Waals surface area (Å²) in [6.45, 7) is 9.55. The second kappa shape index (κ2) is 8.30. The van der Waals surface area contributed by atoms with Gasteiger partial charge >= 0.3 is 7.12 Å². The largest absolute Gasteiger partial charge is 0.491 e. The van der Waals surface area contributed by atoms with Crippen LogP contribution in [0.5, 0.6) is 0 Å². The van der Waals surface area contributed by atoms with Crippen molar-refractivity contribution in [2.24, 2.45) is 0 Å². The van der Waals surface area contributed by atoms with Crippen molar-refractivity contribution in [2.45, 2.75) is 45.8 Å². The number of anilines is 1. The number of nitrogens with zero attached hydrogens (tertiary/aromatic N) is 3. The van der Waals surface area contributed by atoms with E-state index in [2.05, 4.69) is 5.10 Å². The molecule has 2 heterocycles. The van der Waals surface area contributed by atoms with Gasteiger partial charge in [-0.2, -0.15) is 10.4 Å². The van der Waals surface area contributed by atoms with Gasteiger partial charge in [-0.05, 0) is 50.9 Å². The first-order chi connectivity index (χ1) is 14.0. The minimum absolute atomic E-state index is 0.0372. The Morgan fingerprint density at radius 3 is 2.37 bits per heavy atom. The van der Waals surface area contributed by atoms with Crippen molar-refractivity contribution in [1.82, 2.24) is 9.78 Å². The highest BCUT2D eigenvalue weighted by Gasteiger charge is 2.52. The van der Waals surface area contributed by atoms with Crippen molar-refractivity contribution in [2.75, 3.05) is 11.5 Å². The van der Waals surface area contributed by atoms with Crippen molar-refractivity contribution < 1.29 is 14.1 Å². The Morgan fingerprint density at radius 2 is 1.87 bits per heavy atom. The van der Waals surface area contributed by atoms with Crippen LogP contribution in [-0.2, 0) is 14.1 Å². The molecule has 0 saturated carbocycles. The van der Waals surface area contributed by atoms with Gasteiger partial charge in [-0.3, -0.25) is 4.79 Å². The minimum Gasteiger partial charge on any atom is -0.400 e. The number of hydrogen-bond acceptors (Lipinski definition) is 7. The second-order valence-corrected chi connectivity index (χ2v) is 9.30. The number of thioether (sulfide) groups is 1. The normalized spacial score (nSPS) is 17.7. The third-order valence-electron chi connectivity index (χ3n) is 5.41. The smallest absolute Gasteiger partial charge is 0.400 e. The van der Waals surface area contributed by atoms with Gasteiger partial charge in [-0.1, -0.05) is 30.0 Å². The summed E-state index contributed by atoms with van der Waals surface area (Å²) in [5, 5.41) is 13.2. The lowest BCUT2D eigenvalue weighted by atomic mass is 9.78. The van der Waals surface area contributed by atoms with E-state index in [0.717, 1.165) is 16.7 Å². The van der Waals surface area contributed by atoms with E-state index in [9.17, 15) is 4.79 Å². The molecule has 3 rings (SSSR count). The van der Waals surface area contributed by atoms with Crippen LogP contribution >= 0.6 is 11.8 Å². The molecule has 0 unspecified atom stereocenters. The monoisotopic (exact) mass is 424 g/mol. The third kappa shape index (κ3) is 4.46. The molecule has 1 aromatic carbocycles. The van der Waals surface area contributed by atoms with Gasteiger partial charge in [0.2, 0.25) is 0 Å². The summed E-state index contributed by atoms with van der Waals surface area (Å²) in [5.41, 5.74) is 7.94. The van der Waals surface area contributed by atoms with E-state index in [1.807, 2.05) is 64.1 Å². The fourth-order valence-corrected chi connectivity index (χ4v) is 3.52. The Bertz CT molecular complexity index is 1010. The fraction of sp³-hybridized carbons (Fsp3) is 0.381. The average Bonchev–Trinajstić information content (AvgIpc) is 3.14. The maximum absolute atomic E-state index is 11.5. The topological polar surface area (TPSA) is 103 Å². The maximum Gasteiger partial charge on any atom is 0.491 e. The van der Waals surface area contributed by atoms with Gasteiger partial charge in [0, 0.05) is 12.7 Å². The van der Waals surface area contributed by atoms with Gasteiger partial charge in [0.15, 0.2) is 5.12 Å². The van der Waals surface area contributed by atoms with Crippen molar-refractivity contribution in [3.8, 4) is 11.8 Å². The number of nitrogens with two attached hydrogens (primary N) is 1. The highest BCUT2D eigenvalue weighted by Crippen LogP contribution is 2.39. The zero-order chi connectivity index (χ0) is 22.1. The molecule has 2 N–H and O–H groups in total. The number of benzene rings is 1. The number of nitriles is 1. The Hall–Kier alpha value is -2.54. The summed E-state index contributed by atoms with van der Waals surface area (Å²) in [5.74, 6) is 0.780. The Labute approximate surface area is 181 Å². The van der Waals surface area contributed by atoms with Gasteiger partial charge in [0.1, 0.15) is 17.5 Å². The van der Waals surface area contributed by atoms with Crippen LogP contribution in [0.1, 0.15) is 45.7 Å². The van der Waals surface area contributed by atoms with Gasteiger partial charge in [0.05, 0.1) is 23.1 Å². The molecule has 2 aromatic rings. The molecule has 1 aliphatic rings. The summed E-state index contributed by atoms with van der Waals surface area (Å²) in [6, 6.07) is 9.60. The minimum atomic E-state index is -0.526. The molecule has 1 aromatic heterocycles. The lowest BCUT2D eigenvalue weighted by Crippen LogP contribution is -2.41. The zero-order valence-corrected chi connectivity index (χ0v) is 18.6. The molecule has 1 saturated heterocycles. The van der Waals surface area contributed by atoms with Crippen molar-refractivity contribution in [1.29, 1.82) is 5.26 Å². The number of carbonyl (C=O) groups is 1. The molecule has 9 heteroatoms. The standard InChI is InChI=1S/C21H25BN4O3S/c1-14(27)30-13-17(22-28-20(2,3)21(4,5)29-22)10-15-6-8-18(9-7-15)26-19(24)16(11-23)12-25-26/h6-10,12H,13,24H2,1-5H3. The van der Waals surface area contributed by atoms with E-state index >= 15 is 0 Å². The summed E-state index contributed by atoms with van der Waals surface area (Å²) < 4.78 is 13.9. The number of aromatic nitrogens is 2. The molecule has 30 heavy (non-hydrogen) atoms. The molecule has 7 nitrogen and oxygen atoms in total. The first-order valence-corrected chi connectivity index (χ1v) is 10.6. The number of rotatable bonds is 5. The van der Waals surface area contributed by atoms with E-state index in [0.29, 0.717) is 17.1 Å². The predicted molar refractivity (Wildman–Crippen MR) is 120 cm³/mol. The van der Waals surface area contributed by atoms with Crippen LogP contribution in [0.4, 0.5) is 5.82 Å². The Kier molecular flexibility index (Phi) is 6.13. The van der Waals surface area contributed by atoms with Gasteiger partial charge in [0.25, 0.3) is 0 Å². The fourth-order valence-electron chi connectivity index (χ4n) is 2.93. The van der Waals surface area contributed by atoms with Crippen molar-refractivity contribution in [3.63, 3.8) is 0 Å². The van der Waals surface area contributed by atoms with Crippen LogP contribution < -0.4 is 5.73 Å². The van der Waals surface area contributed by atoms with Crippen LogP contribution in [-0.4, -0.2) is 39.0 Å². The van der Waals surface area contributed by atoms with Crippen LogP contribution in [0.3, 0.4) is 0 Å². The molecule has 0 radical (unpaired) electrons. The number of carbonyl (C=O) groups excluding carboxylic acids is 1. The maximum atomic E-state index is 11.5. The number of hydrogen-bond donors (Lipinski definition) is 1. The van der Waals surface area contributed by atoms with Crippen molar-refractivity contribution in [3.05, 3.63) is 47.1 Å². The van der Waals surface area contributed by atoms with E-state index < -0.39 is 18.3 Å². The van der Waals surface area contributed by atoms with E-state index in [1.54, 1.807) is 6.92 Å². The first kappa shape index (κ1) is 22.2. The first-order valence-electron chi connectivity index (χ1n) is 9.57. The molecule has 0 atom stereocenters. The van der Waals surface area contributed by atoms with Crippen molar-refractivity contribution >= 4 is 35.9 Å². The molecule has 0 amide bonds. The van der Waals surface area contributed by atoms with E-state index in [4.69, 9.17) is 20.3 Å². The molecule has 0 spiro atoms. The van der Waals surface area contributed by atoms with E-state index in [1.165, 1.54) is 22.6 Å². The summed E-state index contributed by atoms with van der Waals surface area (Å²) in [4.78, 5) is 11.5. The molecular weight excluding hydrogens is 399 g/mol. The van der Waals surface area contributed by atoms with Crippen LogP contribution in [0.2, 0.25) is 0 Å². The zero-order valence-electron chi connectivity index (χ0n) is 17.8. The third-order valence-corrected chi connectivity index (χ3v) is 6.30. The summed E-state index contributed by atoms with van der Waals surface area (Å²) in [6.07, 6.45) is 3.42.